The lowest BCUT2D eigenvalue weighted by molar-refractivity contribution is 0.402. The number of hydrogen-bond acceptors (Lipinski definition) is 8. The molecule has 10 nitrogen and oxygen atoms in total. The number of benzene rings is 2. The minimum absolute atomic E-state index is 0.0864. The molecule has 0 fully saturated rings. The van der Waals surface area contributed by atoms with Crippen LogP contribution in [0.1, 0.15) is 11.4 Å². The number of sulfonamides is 1. The molecular weight excluding hydrogens is 456 g/mol. The number of ether oxygens (including phenoxy) is 2. The fourth-order valence-electron chi connectivity index (χ4n) is 3.53. The fourth-order valence-corrected chi connectivity index (χ4v) is 4.73. The number of nitrogens with zero attached hydrogens (tertiary/aromatic N) is 4. The lowest BCUT2D eigenvalue weighted by Gasteiger charge is -2.10. The van der Waals surface area contributed by atoms with Gasteiger partial charge < -0.3 is 14.8 Å². The van der Waals surface area contributed by atoms with Crippen LogP contribution in [-0.2, 0) is 22.9 Å². The van der Waals surface area contributed by atoms with Crippen LogP contribution in [0.25, 0.3) is 5.65 Å². The molecule has 0 aliphatic carbocycles. The highest BCUT2D eigenvalue weighted by molar-refractivity contribution is 7.89. The summed E-state index contributed by atoms with van der Waals surface area (Å²) in [5.74, 6) is 2.35. The van der Waals surface area contributed by atoms with Gasteiger partial charge >= 0.3 is 0 Å². The fraction of sp³-hybridized carbons (Fsp3) is 0.261. The number of para-hydroxylation sites is 2. The van der Waals surface area contributed by atoms with E-state index in [-0.39, 0.29) is 17.2 Å². The molecule has 0 saturated carbocycles. The van der Waals surface area contributed by atoms with E-state index in [4.69, 9.17) is 9.47 Å². The summed E-state index contributed by atoms with van der Waals surface area (Å²) in [6.45, 7) is 0.795. The van der Waals surface area contributed by atoms with Gasteiger partial charge in [0.15, 0.2) is 11.5 Å². The second kappa shape index (κ2) is 10.5. The first-order valence-corrected chi connectivity index (χ1v) is 12.2. The molecule has 2 aromatic carbocycles. The Balaban J connectivity index is 1.39. The average molecular weight is 483 g/mol. The number of rotatable bonds is 11. The van der Waals surface area contributed by atoms with E-state index in [0.717, 1.165) is 17.7 Å². The van der Waals surface area contributed by atoms with Crippen LogP contribution in [0.3, 0.4) is 0 Å². The number of nitrogens with one attached hydrogen (secondary N) is 2. The Morgan fingerprint density at radius 2 is 1.59 bits per heavy atom. The molecule has 4 aromatic rings. The van der Waals surface area contributed by atoms with Crippen molar-refractivity contribution < 1.29 is 17.9 Å². The van der Waals surface area contributed by atoms with Crippen molar-refractivity contribution in [2.75, 3.05) is 32.6 Å². The predicted molar refractivity (Wildman–Crippen MR) is 128 cm³/mol. The van der Waals surface area contributed by atoms with Gasteiger partial charge in [-0.05, 0) is 42.3 Å². The lowest BCUT2D eigenvalue weighted by atomic mass is 10.1. The highest BCUT2D eigenvalue weighted by atomic mass is 32.2. The first-order chi connectivity index (χ1) is 16.5. The van der Waals surface area contributed by atoms with E-state index in [1.807, 2.05) is 36.4 Å². The van der Waals surface area contributed by atoms with E-state index in [2.05, 4.69) is 25.3 Å². The largest absolute Gasteiger partial charge is 0.496 e. The van der Waals surface area contributed by atoms with Gasteiger partial charge in [0.05, 0.1) is 14.2 Å². The second-order valence-electron chi connectivity index (χ2n) is 7.39. The Labute approximate surface area is 198 Å². The molecule has 0 radical (unpaired) electrons. The molecular formula is C23H26N6O4S. The number of fused-ring (bicyclic) bond motifs is 1. The van der Waals surface area contributed by atoms with E-state index >= 15 is 0 Å². The van der Waals surface area contributed by atoms with Gasteiger partial charge in [0.1, 0.15) is 22.2 Å². The van der Waals surface area contributed by atoms with Crippen LogP contribution < -0.4 is 19.5 Å². The van der Waals surface area contributed by atoms with Crippen molar-refractivity contribution in [2.45, 2.75) is 17.7 Å². The highest BCUT2D eigenvalue weighted by Crippen LogP contribution is 2.22. The quantitative estimate of drug-likeness (QED) is 0.334. The zero-order valence-electron chi connectivity index (χ0n) is 18.9. The summed E-state index contributed by atoms with van der Waals surface area (Å²) in [4.78, 5) is 0.0864. The maximum Gasteiger partial charge on any atom is 0.244 e. The van der Waals surface area contributed by atoms with Crippen molar-refractivity contribution in [1.29, 1.82) is 0 Å². The van der Waals surface area contributed by atoms with Gasteiger partial charge in [-0.2, -0.15) is 4.52 Å². The van der Waals surface area contributed by atoms with Crippen LogP contribution in [-0.4, -0.2) is 55.5 Å². The standard InChI is InChI=1S/C23H26N6O4S/c1-32-18-8-4-3-7-17(18)13-15-24-21-11-12-22-26-27-23(29(22)28-21)14-16-25-34(30,31)20-10-6-5-9-19(20)33-2/h3-12,25H,13-16H2,1-2H3,(H,24,28). The van der Waals surface area contributed by atoms with Gasteiger partial charge in [0.25, 0.3) is 0 Å². The summed E-state index contributed by atoms with van der Waals surface area (Å²) in [5.41, 5.74) is 1.68. The molecule has 0 amide bonds. The highest BCUT2D eigenvalue weighted by Gasteiger charge is 2.19. The summed E-state index contributed by atoms with van der Waals surface area (Å²) >= 11 is 0. The van der Waals surface area contributed by atoms with E-state index < -0.39 is 10.0 Å². The van der Waals surface area contributed by atoms with E-state index in [1.165, 1.54) is 13.2 Å². The molecule has 0 aliphatic rings. The van der Waals surface area contributed by atoms with Crippen molar-refractivity contribution in [3.63, 3.8) is 0 Å². The molecule has 2 N–H and O–H groups in total. The Morgan fingerprint density at radius 3 is 2.38 bits per heavy atom. The van der Waals surface area contributed by atoms with Crippen molar-refractivity contribution in [2.24, 2.45) is 0 Å². The maximum absolute atomic E-state index is 12.7. The van der Waals surface area contributed by atoms with Crippen molar-refractivity contribution in [3.8, 4) is 11.5 Å². The van der Waals surface area contributed by atoms with Gasteiger partial charge in [-0.1, -0.05) is 30.3 Å². The van der Waals surface area contributed by atoms with Gasteiger partial charge in [-0.3, -0.25) is 0 Å². The average Bonchev–Trinajstić information content (AvgIpc) is 3.26. The zero-order valence-corrected chi connectivity index (χ0v) is 19.7. The second-order valence-corrected chi connectivity index (χ2v) is 9.13. The topological polar surface area (TPSA) is 120 Å². The summed E-state index contributed by atoms with van der Waals surface area (Å²) in [6.07, 6.45) is 1.08. The number of aromatic nitrogens is 4. The number of hydrogen-bond donors (Lipinski definition) is 2. The Kier molecular flexibility index (Phi) is 7.24. The van der Waals surface area contributed by atoms with Crippen molar-refractivity contribution in [3.05, 3.63) is 72.1 Å². The Bertz CT molecular complexity index is 1370. The minimum atomic E-state index is -3.74. The molecule has 0 bridgehead atoms. The van der Waals surface area contributed by atoms with Gasteiger partial charge in [-0.15, -0.1) is 15.3 Å². The minimum Gasteiger partial charge on any atom is -0.496 e. The van der Waals surface area contributed by atoms with Gasteiger partial charge in [0, 0.05) is 19.5 Å². The summed E-state index contributed by atoms with van der Waals surface area (Å²) in [7, 11) is -0.644. The van der Waals surface area contributed by atoms with Crippen LogP contribution in [0.5, 0.6) is 11.5 Å². The van der Waals surface area contributed by atoms with Crippen LogP contribution in [0.15, 0.2) is 65.6 Å². The molecule has 0 atom stereocenters. The monoisotopic (exact) mass is 482 g/mol. The van der Waals surface area contributed by atoms with Crippen LogP contribution >= 0.6 is 0 Å². The molecule has 11 heteroatoms. The molecule has 0 saturated heterocycles. The lowest BCUT2D eigenvalue weighted by Crippen LogP contribution is -2.27. The molecule has 178 valence electrons. The van der Waals surface area contributed by atoms with E-state index in [9.17, 15) is 8.42 Å². The predicted octanol–water partition coefficient (Wildman–Crippen LogP) is 2.32. The van der Waals surface area contributed by atoms with Crippen LogP contribution in [0.4, 0.5) is 5.82 Å². The van der Waals surface area contributed by atoms with Gasteiger partial charge in [-0.25, -0.2) is 13.1 Å². The number of anilines is 1. The smallest absolute Gasteiger partial charge is 0.244 e. The maximum atomic E-state index is 12.7. The molecule has 0 unspecified atom stereocenters. The first-order valence-electron chi connectivity index (χ1n) is 10.7. The van der Waals surface area contributed by atoms with Crippen LogP contribution in [0, 0.1) is 0 Å². The zero-order chi connectivity index (χ0) is 24.0. The normalized spacial score (nSPS) is 11.5. The van der Waals surface area contributed by atoms with Crippen LogP contribution in [0.2, 0.25) is 0 Å². The Morgan fingerprint density at radius 1 is 0.853 bits per heavy atom. The summed E-state index contributed by atoms with van der Waals surface area (Å²) in [5, 5.41) is 16.1. The molecule has 0 spiro atoms. The molecule has 2 heterocycles. The van der Waals surface area contributed by atoms with E-state index in [1.54, 1.807) is 29.8 Å². The summed E-state index contributed by atoms with van der Waals surface area (Å²) in [6, 6.07) is 18.0. The molecule has 0 aliphatic heterocycles. The SMILES string of the molecule is COc1ccccc1CCNc1ccc2nnc(CCNS(=O)(=O)c3ccccc3OC)n2n1. The van der Waals surface area contributed by atoms with Crippen molar-refractivity contribution in [1.82, 2.24) is 24.5 Å². The first kappa shape index (κ1) is 23.5. The molecule has 4 rings (SSSR count). The third kappa shape index (κ3) is 5.26. The van der Waals surface area contributed by atoms with Crippen molar-refractivity contribution >= 4 is 21.5 Å². The van der Waals surface area contributed by atoms with E-state index in [0.29, 0.717) is 30.3 Å². The summed E-state index contributed by atoms with van der Waals surface area (Å²) < 4.78 is 40.1. The molecule has 2 aromatic heterocycles. The third-order valence-corrected chi connectivity index (χ3v) is 6.72. The Hall–Kier alpha value is -3.70. The third-order valence-electron chi connectivity index (χ3n) is 5.22. The molecule has 34 heavy (non-hydrogen) atoms. The van der Waals surface area contributed by atoms with Gasteiger partial charge in [0.2, 0.25) is 10.0 Å². The number of methoxy groups -OCH3 is 2.